The molecule has 0 aliphatic rings. The van der Waals surface area contributed by atoms with Crippen molar-refractivity contribution in [2.24, 2.45) is 5.41 Å². The normalized spacial score (nSPS) is 11.6. The van der Waals surface area contributed by atoms with E-state index in [0.29, 0.717) is 30.2 Å². The first kappa shape index (κ1) is 16.3. The summed E-state index contributed by atoms with van der Waals surface area (Å²) in [6.07, 6.45) is 1.20. The van der Waals surface area contributed by atoms with Crippen molar-refractivity contribution in [1.82, 2.24) is 0 Å². The molecule has 0 bridgehead atoms. The van der Waals surface area contributed by atoms with Crippen molar-refractivity contribution in [1.29, 1.82) is 0 Å². The van der Waals surface area contributed by atoms with Crippen LogP contribution in [0.4, 0.5) is 8.78 Å². The zero-order valence-electron chi connectivity index (χ0n) is 11.5. The predicted octanol–water partition coefficient (Wildman–Crippen LogP) is 5.21. The standard InChI is InChI=1S/C17H16Cl2F2/c18-11-17(12-19,9-13-4-2-1-3-5-13)10-14-6-7-15(20)16(21)8-14/h1-8H,9-12H2. The Kier molecular flexibility index (Phi) is 5.60. The van der Waals surface area contributed by atoms with Crippen molar-refractivity contribution < 1.29 is 8.78 Å². The molecule has 0 heterocycles. The van der Waals surface area contributed by atoms with Crippen LogP contribution in [-0.4, -0.2) is 11.8 Å². The highest BCUT2D eigenvalue weighted by Gasteiger charge is 2.29. The monoisotopic (exact) mass is 328 g/mol. The summed E-state index contributed by atoms with van der Waals surface area (Å²) in [5.74, 6) is -0.983. The van der Waals surface area contributed by atoms with E-state index in [1.165, 1.54) is 6.07 Å². The summed E-state index contributed by atoms with van der Waals surface area (Å²) < 4.78 is 26.4. The molecule has 0 nitrogen and oxygen atoms in total. The van der Waals surface area contributed by atoms with Crippen LogP contribution in [0, 0.1) is 17.0 Å². The quantitative estimate of drug-likeness (QED) is 0.638. The molecule has 112 valence electrons. The molecule has 2 rings (SSSR count). The molecular weight excluding hydrogens is 313 g/mol. The molecule has 21 heavy (non-hydrogen) atoms. The summed E-state index contributed by atoms with van der Waals surface area (Å²) >= 11 is 12.3. The van der Waals surface area contributed by atoms with E-state index in [1.807, 2.05) is 30.3 Å². The fourth-order valence-electron chi connectivity index (χ4n) is 2.40. The second kappa shape index (κ2) is 7.24. The topological polar surface area (TPSA) is 0 Å². The number of halogens is 4. The van der Waals surface area contributed by atoms with E-state index in [-0.39, 0.29) is 5.41 Å². The van der Waals surface area contributed by atoms with E-state index >= 15 is 0 Å². The molecule has 0 amide bonds. The number of hydrogen-bond donors (Lipinski definition) is 0. The average molecular weight is 329 g/mol. The van der Waals surface area contributed by atoms with Gasteiger partial charge in [-0.1, -0.05) is 36.4 Å². The Morgan fingerprint density at radius 1 is 0.762 bits per heavy atom. The summed E-state index contributed by atoms with van der Waals surface area (Å²) in [5, 5.41) is 0. The van der Waals surface area contributed by atoms with Crippen molar-refractivity contribution >= 4 is 23.2 Å². The first-order chi connectivity index (χ1) is 10.1. The Labute approximate surface area is 133 Å². The highest BCUT2D eigenvalue weighted by molar-refractivity contribution is 6.21. The lowest BCUT2D eigenvalue weighted by Crippen LogP contribution is -2.31. The van der Waals surface area contributed by atoms with Gasteiger partial charge in [0.2, 0.25) is 0 Å². The minimum absolute atomic E-state index is 0.352. The van der Waals surface area contributed by atoms with Crippen LogP contribution >= 0.6 is 23.2 Å². The molecule has 2 aromatic rings. The number of rotatable bonds is 6. The minimum Gasteiger partial charge on any atom is -0.204 e. The van der Waals surface area contributed by atoms with E-state index < -0.39 is 11.6 Å². The lowest BCUT2D eigenvalue weighted by atomic mass is 9.80. The van der Waals surface area contributed by atoms with Gasteiger partial charge in [-0.25, -0.2) is 8.78 Å². The lowest BCUT2D eigenvalue weighted by molar-refractivity contribution is 0.372. The maximum Gasteiger partial charge on any atom is 0.159 e. The highest BCUT2D eigenvalue weighted by Crippen LogP contribution is 2.31. The van der Waals surface area contributed by atoms with Crippen molar-refractivity contribution in [3.8, 4) is 0 Å². The Morgan fingerprint density at radius 3 is 1.95 bits per heavy atom. The van der Waals surface area contributed by atoms with Crippen molar-refractivity contribution in [3.05, 3.63) is 71.3 Å². The summed E-state index contributed by atoms with van der Waals surface area (Å²) in [6, 6.07) is 13.8. The van der Waals surface area contributed by atoms with Crippen LogP contribution in [0.3, 0.4) is 0 Å². The third-order valence-corrected chi connectivity index (χ3v) is 4.69. The molecule has 0 unspecified atom stereocenters. The zero-order valence-corrected chi connectivity index (χ0v) is 13.0. The van der Waals surface area contributed by atoms with Gasteiger partial charge in [0.25, 0.3) is 0 Å². The van der Waals surface area contributed by atoms with E-state index in [0.717, 1.165) is 11.6 Å². The smallest absolute Gasteiger partial charge is 0.159 e. The van der Waals surface area contributed by atoms with Gasteiger partial charge in [0, 0.05) is 17.2 Å². The van der Waals surface area contributed by atoms with E-state index in [9.17, 15) is 8.78 Å². The van der Waals surface area contributed by atoms with Gasteiger partial charge in [-0.2, -0.15) is 0 Å². The Balaban J connectivity index is 2.23. The van der Waals surface area contributed by atoms with Gasteiger partial charge >= 0.3 is 0 Å². The first-order valence-corrected chi connectivity index (χ1v) is 7.75. The summed E-state index contributed by atoms with van der Waals surface area (Å²) in [5.41, 5.74) is 1.45. The molecule has 0 aliphatic heterocycles. The highest BCUT2D eigenvalue weighted by atomic mass is 35.5. The fourth-order valence-corrected chi connectivity index (χ4v) is 3.06. The Morgan fingerprint density at radius 2 is 1.38 bits per heavy atom. The summed E-state index contributed by atoms with van der Waals surface area (Å²) in [4.78, 5) is 0. The SMILES string of the molecule is Fc1ccc(CC(CCl)(CCl)Cc2ccccc2)cc1F. The molecule has 0 saturated carbocycles. The van der Waals surface area contributed by atoms with Crippen LogP contribution in [0.5, 0.6) is 0 Å². The molecule has 0 spiro atoms. The number of benzene rings is 2. The molecule has 2 aromatic carbocycles. The molecular formula is C17H16Cl2F2. The van der Waals surface area contributed by atoms with Gasteiger partial charge in [-0.15, -0.1) is 23.2 Å². The number of alkyl halides is 2. The van der Waals surface area contributed by atoms with Crippen LogP contribution in [0.1, 0.15) is 11.1 Å². The van der Waals surface area contributed by atoms with Crippen molar-refractivity contribution in [2.45, 2.75) is 12.8 Å². The average Bonchev–Trinajstić information content (AvgIpc) is 2.51. The zero-order chi connectivity index (χ0) is 15.3. The van der Waals surface area contributed by atoms with Crippen LogP contribution < -0.4 is 0 Å². The predicted molar refractivity (Wildman–Crippen MR) is 84.1 cm³/mol. The Bertz CT molecular complexity index is 581. The molecule has 0 saturated heterocycles. The van der Waals surface area contributed by atoms with E-state index in [1.54, 1.807) is 6.07 Å². The number of hydrogen-bond acceptors (Lipinski definition) is 0. The largest absolute Gasteiger partial charge is 0.204 e. The van der Waals surface area contributed by atoms with E-state index in [2.05, 4.69) is 0 Å². The van der Waals surface area contributed by atoms with Gasteiger partial charge in [-0.3, -0.25) is 0 Å². The molecule has 0 aromatic heterocycles. The minimum atomic E-state index is -0.843. The van der Waals surface area contributed by atoms with Crippen molar-refractivity contribution in [3.63, 3.8) is 0 Å². The van der Waals surface area contributed by atoms with E-state index in [4.69, 9.17) is 23.2 Å². The molecule has 0 atom stereocenters. The molecule has 0 N–H and O–H groups in total. The third kappa shape index (κ3) is 4.18. The first-order valence-electron chi connectivity index (χ1n) is 6.68. The van der Waals surface area contributed by atoms with Crippen LogP contribution in [0.15, 0.2) is 48.5 Å². The Hall–Kier alpha value is -1.12. The van der Waals surface area contributed by atoms with Gasteiger partial charge in [-0.05, 0) is 36.1 Å². The maximum atomic E-state index is 13.3. The molecule has 0 radical (unpaired) electrons. The second-order valence-corrected chi connectivity index (χ2v) is 5.89. The molecule has 0 aliphatic carbocycles. The molecule has 0 fully saturated rings. The van der Waals surface area contributed by atoms with Crippen molar-refractivity contribution in [2.75, 3.05) is 11.8 Å². The molecule has 4 heteroatoms. The maximum absolute atomic E-state index is 13.3. The third-order valence-electron chi connectivity index (χ3n) is 3.55. The lowest BCUT2D eigenvalue weighted by Gasteiger charge is -2.30. The fraction of sp³-hybridized carbons (Fsp3) is 0.294. The second-order valence-electron chi connectivity index (χ2n) is 5.35. The van der Waals surface area contributed by atoms with Crippen LogP contribution in [0.25, 0.3) is 0 Å². The van der Waals surface area contributed by atoms with Gasteiger partial charge < -0.3 is 0 Å². The van der Waals surface area contributed by atoms with Crippen LogP contribution in [-0.2, 0) is 12.8 Å². The van der Waals surface area contributed by atoms with Gasteiger partial charge in [0.1, 0.15) is 0 Å². The summed E-state index contributed by atoms with van der Waals surface area (Å²) in [7, 11) is 0. The van der Waals surface area contributed by atoms with Gasteiger partial charge in [0.05, 0.1) is 0 Å². The van der Waals surface area contributed by atoms with Crippen LogP contribution in [0.2, 0.25) is 0 Å². The summed E-state index contributed by atoms with van der Waals surface area (Å²) in [6.45, 7) is 0. The van der Waals surface area contributed by atoms with Gasteiger partial charge in [0.15, 0.2) is 11.6 Å².